The van der Waals surface area contributed by atoms with Gasteiger partial charge in [-0.15, -0.1) is 0 Å². The van der Waals surface area contributed by atoms with E-state index >= 15 is 0 Å². The van der Waals surface area contributed by atoms with Crippen LogP contribution in [0, 0.1) is 0 Å². The van der Waals surface area contributed by atoms with Crippen LogP contribution in [-0.2, 0) is 20.6 Å². The lowest BCUT2D eigenvalue weighted by molar-refractivity contribution is -0.147. The van der Waals surface area contributed by atoms with Crippen molar-refractivity contribution in [2.24, 2.45) is 0 Å². The zero-order valence-corrected chi connectivity index (χ0v) is 17.2. The van der Waals surface area contributed by atoms with Gasteiger partial charge in [0.25, 0.3) is 0 Å². The van der Waals surface area contributed by atoms with Crippen molar-refractivity contribution in [2.45, 2.75) is 64.1 Å². The molecule has 0 spiro atoms. The SMILES string of the molecule is COc1ccc(COC(=O)C2C[C@@H](O[Si](C)(C)C(C)(C)C)CN2)cc1. The Morgan fingerprint density at radius 3 is 2.44 bits per heavy atom. The number of carbonyl (C=O) groups is 1. The molecule has 1 saturated heterocycles. The average molecular weight is 366 g/mol. The highest BCUT2D eigenvalue weighted by Gasteiger charge is 2.41. The summed E-state index contributed by atoms with van der Waals surface area (Å²) in [5.74, 6) is 0.579. The summed E-state index contributed by atoms with van der Waals surface area (Å²) in [4.78, 5) is 12.3. The largest absolute Gasteiger partial charge is 0.497 e. The van der Waals surface area contributed by atoms with E-state index in [1.807, 2.05) is 24.3 Å². The lowest BCUT2D eigenvalue weighted by Crippen LogP contribution is -2.44. The molecule has 1 N–H and O–H groups in total. The van der Waals surface area contributed by atoms with E-state index in [1.54, 1.807) is 7.11 Å². The van der Waals surface area contributed by atoms with Crippen LogP contribution in [0.5, 0.6) is 5.75 Å². The Labute approximate surface area is 152 Å². The third kappa shape index (κ3) is 5.30. The van der Waals surface area contributed by atoms with Crippen LogP contribution in [0.15, 0.2) is 24.3 Å². The molecular formula is C19H31NO4Si. The van der Waals surface area contributed by atoms with Crippen LogP contribution in [0.3, 0.4) is 0 Å². The Morgan fingerprint density at radius 2 is 1.88 bits per heavy atom. The number of ether oxygens (including phenoxy) is 2. The molecule has 0 aliphatic carbocycles. The number of hydrogen-bond acceptors (Lipinski definition) is 5. The second-order valence-electron chi connectivity index (χ2n) is 8.15. The first-order chi connectivity index (χ1) is 11.6. The van der Waals surface area contributed by atoms with E-state index < -0.39 is 8.32 Å². The minimum Gasteiger partial charge on any atom is -0.497 e. The number of methoxy groups -OCH3 is 1. The van der Waals surface area contributed by atoms with E-state index in [0.29, 0.717) is 13.0 Å². The van der Waals surface area contributed by atoms with Gasteiger partial charge in [0.2, 0.25) is 0 Å². The van der Waals surface area contributed by atoms with Crippen LogP contribution >= 0.6 is 0 Å². The van der Waals surface area contributed by atoms with E-state index in [9.17, 15) is 4.79 Å². The van der Waals surface area contributed by atoms with Gasteiger partial charge in [-0.05, 0) is 42.2 Å². The van der Waals surface area contributed by atoms with Crippen molar-refractivity contribution in [3.05, 3.63) is 29.8 Å². The van der Waals surface area contributed by atoms with Crippen molar-refractivity contribution in [1.29, 1.82) is 0 Å². The van der Waals surface area contributed by atoms with Crippen LogP contribution in [-0.4, -0.2) is 40.1 Å². The highest BCUT2D eigenvalue weighted by atomic mass is 28.4. The maximum atomic E-state index is 12.3. The Bertz CT molecular complexity index is 580. The second kappa shape index (κ2) is 7.89. The van der Waals surface area contributed by atoms with Gasteiger partial charge in [-0.2, -0.15) is 0 Å². The minimum absolute atomic E-state index is 0.0828. The average Bonchev–Trinajstić information content (AvgIpc) is 3.00. The van der Waals surface area contributed by atoms with E-state index in [4.69, 9.17) is 13.9 Å². The van der Waals surface area contributed by atoms with Crippen molar-refractivity contribution in [1.82, 2.24) is 5.32 Å². The molecule has 1 aliphatic heterocycles. The molecule has 1 aromatic carbocycles. The summed E-state index contributed by atoms with van der Waals surface area (Å²) in [5.41, 5.74) is 0.946. The quantitative estimate of drug-likeness (QED) is 0.618. The van der Waals surface area contributed by atoms with Gasteiger partial charge in [-0.25, -0.2) is 0 Å². The molecule has 140 valence electrons. The normalized spacial score (nSPS) is 21.2. The summed E-state index contributed by atoms with van der Waals surface area (Å²) in [5, 5.41) is 3.40. The van der Waals surface area contributed by atoms with Crippen LogP contribution in [0.1, 0.15) is 32.8 Å². The van der Waals surface area contributed by atoms with E-state index in [-0.39, 0.29) is 29.8 Å². The molecule has 2 rings (SSSR count). The third-order valence-corrected chi connectivity index (χ3v) is 9.72. The monoisotopic (exact) mass is 365 g/mol. The first-order valence-electron chi connectivity index (χ1n) is 8.83. The Kier molecular flexibility index (Phi) is 6.29. The number of hydrogen-bond donors (Lipinski definition) is 1. The predicted molar refractivity (Wildman–Crippen MR) is 101 cm³/mol. The molecule has 0 aromatic heterocycles. The van der Waals surface area contributed by atoms with Gasteiger partial charge in [0.05, 0.1) is 13.2 Å². The van der Waals surface area contributed by atoms with Crippen LogP contribution in [0.2, 0.25) is 18.1 Å². The number of esters is 1. The van der Waals surface area contributed by atoms with Gasteiger partial charge in [0.1, 0.15) is 18.4 Å². The second-order valence-corrected chi connectivity index (χ2v) is 12.9. The first-order valence-corrected chi connectivity index (χ1v) is 11.7. The van der Waals surface area contributed by atoms with Gasteiger partial charge < -0.3 is 19.2 Å². The molecule has 0 amide bonds. The predicted octanol–water partition coefficient (Wildman–Crippen LogP) is 3.49. The summed E-state index contributed by atoms with van der Waals surface area (Å²) < 4.78 is 17.0. The smallest absolute Gasteiger partial charge is 0.323 e. The van der Waals surface area contributed by atoms with Crippen LogP contribution in [0.25, 0.3) is 0 Å². The van der Waals surface area contributed by atoms with Crippen molar-refractivity contribution < 1.29 is 18.7 Å². The summed E-state index contributed by atoms with van der Waals surface area (Å²) in [6, 6.07) is 7.24. The standard InChI is InChI=1S/C19H31NO4Si/c1-19(2,3)25(5,6)24-16-11-17(20-12-16)18(21)23-13-14-7-9-15(22-4)10-8-14/h7-10,16-17,20H,11-13H2,1-6H3/t16-,17?/m1/s1. The Hall–Kier alpha value is -1.37. The van der Waals surface area contributed by atoms with Crippen molar-refractivity contribution in [3.63, 3.8) is 0 Å². The molecule has 0 bridgehead atoms. The van der Waals surface area contributed by atoms with Crippen LogP contribution < -0.4 is 10.1 Å². The maximum Gasteiger partial charge on any atom is 0.323 e. The van der Waals surface area contributed by atoms with E-state index in [0.717, 1.165) is 11.3 Å². The molecule has 1 aromatic rings. The van der Waals surface area contributed by atoms with E-state index in [1.165, 1.54) is 0 Å². The zero-order valence-electron chi connectivity index (χ0n) is 16.2. The topological polar surface area (TPSA) is 56.8 Å². The van der Waals surface area contributed by atoms with Gasteiger partial charge in [0.15, 0.2) is 8.32 Å². The molecule has 1 aliphatic rings. The fourth-order valence-corrected chi connectivity index (χ4v) is 3.91. The van der Waals surface area contributed by atoms with Gasteiger partial charge >= 0.3 is 5.97 Å². The van der Waals surface area contributed by atoms with Crippen LogP contribution in [0.4, 0.5) is 0 Å². The minimum atomic E-state index is -1.82. The molecule has 2 atom stereocenters. The number of benzene rings is 1. The molecule has 5 nitrogen and oxygen atoms in total. The van der Waals surface area contributed by atoms with Crippen molar-refractivity contribution in [2.75, 3.05) is 13.7 Å². The highest BCUT2D eigenvalue weighted by Crippen LogP contribution is 2.38. The number of nitrogens with one attached hydrogen (secondary N) is 1. The lowest BCUT2D eigenvalue weighted by atomic mass is 10.2. The van der Waals surface area contributed by atoms with E-state index in [2.05, 4.69) is 39.2 Å². The zero-order chi connectivity index (χ0) is 18.7. The van der Waals surface area contributed by atoms with Gasteiger partial charge in [-0.3, -0.25) is 4.79 Å². The summed E-state index contributed by atoms with van der Waals surface area (Å²) in [6.45, 7) is 12.1. The molecule has 25 heavy (non-hydrogen) atoms. The molecule has 1 heterocycles. The number of rotatable bonds is 6. The van der Waals surface area contributed by atoms with Gasteiger partial charge in [0, 0.05) is 6.54 Å². The molecule has 1 unspecified atom stereocenters. The molecule has 0 radical (unpaired) electrons. The highest BCUT2D eigenvalue weighted by molar-refractivity contribution is 6.74. The summed E-state index contributed by atoms with van der Waals surface area (Å²) >= 11 is 0. The Morgan fingerprint density at radius 1 is 1.24 bits per heavy atom. The molecule has 6 heteroatoms. The Balaban J connectivity index is 1.81. The molecule has 0 saturated carbocycles. The summed E-state index contributed by atoms with van der Waals surface area (Å²) in [7, 11) is -0.190. The fourth-order valence-electron chi connectivity index (χ4n) is 2.54. The maximum absolute atomic E-state index is 12.3. The lowest BCUT2D eigenvalue weighted by Gasteiger charge is -2.38. The summed E-state index contributed by atoms with van der Waals surface area (Å²) in [6.07, 6.45) is 0.757. The van der Waals surface area contributed by atoms with Gasteiger partial charge in [-0.1, -0.05) is 32.9 Å². The fraction of sp³-hybridized carbons (Fsp3) is 0.632. The third-order valence-electron chi connectivity index (χ3n) is 5.18. The first kappa shape index (κ1) is 19.9. The van der Waals surface area contributed by atoms with Crippen molar-refractivity contribution >= 4 is 14.3 Å². The molecular weight excluding hydrogens is 334 g/mol. The molecule has 1 fully saturated rings. The number of carbonyl (C=O) groups excluding carboxylic acids is 1. The van der Waals surface area contributed by atoms with Crippen molar-refractivity contribution in [3.8, 4) is 5.75 Å².